The first kappa shape index (κ1) is 21.2. The van der Waals surface area contributed by atoms with Crippen molar-refractivity contribution < 1.29 is 23.9 Å². The molecule has 1 aliphatic rings. The Kier molecular flexibility index (Phi) is 6.61. The average molecular weight is 408 g/mol. The standard InChI is InChI=1S/C23H24N2O5/c1-15-9-11-16(12-10-15)21(27)17-6-2-3-7-18(17)23(29)30-14-20(26)25-13-5-4-8-19(25)22(24)28/h2-3,6-7,9-12,19H,4-5,8,13-14H2,1H3,(H2,24,28)/t19-/m1/s1. The van der Waals surface area contributed by atoms with E-state index in [0.717, 1.165) is 18.4 Å². The van der Waals surface area contributed by atoms with E-state index in [1.807, 2.05) is 19.1 Å². The van der Waals surface area contributed by atoms with Crippen LogP contribution in [0.25, 0.3) is 0 Å². The number of amides is 2. The van der Waals surface area contributed by atoms with E-state index < -0.39 is 30.4 Å². The van der Waals surface area contributed by atoms with Gasteiger partial charge in [-0.05, 0) is 32.3 Å². The van der Waals surface area contributed by atoms with Crippen molar-refractivity contribution in [3.05, 3.63) is 70.8 Å². The Morgan fingerprint density at radius 1 is 1.00 bits per heavy atom. The minimum Gasteiger partial charge on any atom is -0.452 e. The minimum atomic E-state index is -0.771. The molecule has 1 heterocycles. The number of ether oxygens (including phenoxy) is 1. The lowest BCUT2D eigenvalue weighted by molar-refractivity contribution is -0.143. The van der Waals surface area contributed by atoms with Crippen molar-refractivity contribution in [3.8, 4) is 0 Å². The quantitative estimate of drug-likeness (QED) is 0.583. The van der Waals surface area contributed by atoms with E-state index >= 15 is 0 Å². The summed E-state index contributed by atoms with van der Waals surface area (Å²) in [6.45, 7) is 1.80. The summed E-state index contributed by atoms with van der Waals surface area (Å²) in [5.74, 6) is -2.12. The number of hydrogen-bond acceptors (Lipinski definition) is 5. The van der Waals surface area contributed by atoms with Crippen LogP contribution in [0.5, 0.6) is 0 Å². The molecule has 2 N–H and O–H groups in total. The summed E-state index contributed by atoms with van der Waals surface area (Å²) in [6.07, 6.45) is 2.08. The zero-order chi connectivity index (χ0) is 21.7. The number of benzene rings is 2. The normalized spacial score (nSPS) is 16.0. The number of carbonyl (C=O) groups is 4. The van der Waals surface area contributed by atoms with Gasteiger partial charge in [-0.25, -0.2) is 4.79 Å². The van der Waals surface area contributed by atoms with Gasteiger partial charge in [-0.3, -0.25) is 14.4 Å². The molecule has 2 aromatic rings. The Labute approximate surface area is 174 Å². The number of hydrogen-bond donors (Lipinski definition) is 1. The third-order valence-corrected chi connectivity index (χ3v) is 5.18. The molecule has 0 saturated carbocycles. The summed E-state index contributed by atoms with van der Waals surface area (Å²) < 4.78 is 5.18. The molecule has 0 aromatic heterocycles. The lowest BCUT2D eigenvalue weighted by Gasteiger charge is -2.33. The van der Waals surface area contributed by atoms with Crippen molar-refractivity contribution in [2.75, 3.05) is 13.2 Å². The number of nitrogens with zero attached hydrogens (tertiary/aromatic N) is 1. The summed E-state index contributed by atoms with van der Waals surface area (Å²) in [5, 5.41) is 0. The third-order valence-electron chi connectivity index (χ3n) is 5.18. The summed E-state index contributed by atoms with van der Waals surface area (Å²) in [7, 11) is 0. The number of likely N-dealkylation sites (tertiary alicyclic amines) is 1. The van der Waals surface area contributed by atoms with Crippen LogP contribution in [0.2, 0.25) is 0 Å². The SMILES string of the molecule is Cc1ccc(C(=O)c2ccccc2C(=O)OCC(=O)N2CCCC[C@@H]2C(N)=O)cc1. The fourth-order valence-electron chi connectivity index (χ4n) is 3.53. The van der Waals surface area contributed by atoms with Crippen LogP contribution >= 0.6 is 0 Å². The molecular formula is C23H24N2O5. The maximum absolute atomic E-state index is 12.9. The molecule has 0 radical (unpaired) electrons. The molecule has 7 nitrogen and oxygen atoms in total. The molecule has 1 aliphatic heterocycles. The Morgan fingerprint density at radius 2 is 1.67 bits per heavy atom. The maximum atomic E-state index is 12.9. The van der Waals surface area contributed by atoms with Crippen LogP contribution in [0.1, 0.15) is 51.1 Å². The number of aryl methyl sites for hydroxylation is 1. The van der Waals surface area contributed by atoms with Crippen molar-refractivity contribution in [2.45, 2.75) is 32.2 Å². The first-order valence-corrected chi connectivity index (χ1v) is 9.85. The molecule has 1 fully saturated rings. The minimum absolute atomic E-state index is 0.0842. The first-order chi connectivity index (χ1) is 14.4. The van der Waals surface area contributed by atoms with Crippen molar-refractivity contribution in [1.82, 2.24) is 4.90 Å². The van der Waals surface area contributed by atoms with Gasteiger partial charge in [0, 0.05) is 17.7 Å². The van der Waals surface area contributed by atoms with Gasteiger partial charge >= 0.3 is 5.97 Å². The molecule has 156 valence electrons. The predicted molar refractivity (Wildman–Crippen MR) is 110 cm³/mol. The van der Waals surface area contributed by atoms with E-state index in [2.05, 4.69) is 0 Å². The molecule has 2 amide bonds. The monoisotopic (exact) mass is 408 g/mol. The second-order valence-electron chi connectivity index (χ2n) is 7.32. The molecule has 0 spiro atoms. The van der Waals surface area contributed by atoms with Gasteiger partial charge < -0.3 is 15.4 Å². The number of carbonyl (C=O) groups excluding carboxylic acids is 4. The summed E-state index contributed by atoms with van der Waals surface area (Å²) in [4.78, 5) is 50.9. The topological polar surface area (TPSA) is 107 Å². The highest BCUT2D eigenvalue weighted by Crippen LogP contribution is 2.19. The molecule has 0 bridgehead atoms. The lowest BCUT2D eigenvalue weighted by atomic mass is 9.98. The summed E-state index contributed by atoms with van der Waals surface area (Å²) >= 11 is 0. The highest BCUT2D eigenvalue weighted by molar-refractivity contribution is 6.14. The van der Waals surface area contributed by atoms with Crippen LogP contribution in [0.15, 0.2) is 48.5 Å². The van der Waals surface area contributed by atoms with Gasteiger partial charge in [0.05, 0.1) is 5.56 Å². The van der Waals surface area contributed by atoms with Gasteiger partial charge in [0.15, 0.2) is 12.4 Å². The number of esters is 1. The van der Waals surface area contributed by atoms with Crippen molar-refractivity contribution in [1.29, 1.82) is 0 Å². The van der Waals surface area contributed by atoms with Gasteiger partial charge in [0.2, 0.25) is 5.91 Å². The van der Waals surface area contributed by atoms with Crippen LogP contribution < -0.4 is 5.73 Å². The van der Waals surface area contributed by atoms with Crippen LogP contribution in [0.4, 0.5) is 0 Å². The largest absolute Gasteiger partial charge is 0.452 e. The van der Waals surface area contributed by atoms with Gasteiger partial charge in [-0.15, -0.1) is 0 Å². The van der Waals surface area contributed by atoms with Gasteiger partial charge in [0.1, 0.15) is 6.04 Å². The fourth-order valence-corrected chi connectivity index (χ4v) is 3.53. The van der Waals surface area contributed by atoms with Gasteiger partial charge in [-0.2, -0.15) is 0 Å². The molecule has 30 heavy (non-hydrogen) atoms. The van der Waals surface area contributed by atoms with Crippen LogP contribution in [0.3, 0.4) is 0 Å². The second kappa shape index (κ2) is 9.35. The van der Waals surface area contributed by atoms with Gasteiger partial charge in [-0.1, -0.05) is 48.0 Å². The number of nitrogens with two attached hydrogens (primary N) is 1. The average Bonchev–Trinajstić information content (AvgIpc) is 2.77. The van der Waals surface area contributed by atoms with E-state index in [1.165, 1.54) is 11.0 Å². The van der Waals surface area contributed by atoms with Gasteiger partial charge in [0.25, 0.3) is 5.91 Å². The van der Waals surface area contributed by atoms with E-state index in [9.17, 15) is 19.2 Å². The van der Waals surface area contributed by atoms with E-state index in [1.54, 1.807) is 30.3 Å². The number of primary amides is 1. The molecule has 7 heteroatoms. The molecule has 1 saturated heterocycles. The molecule has 0 aliphatic carbocycles. The molecule has 0 unspecified atom stereocenters. The Balaban J connectivity index is 1.71. The number of piperidine rings is 1. The van der Waals surface area contributed by atoms with E-state index in [-0.39, 0.29) is 16.9 Å². The van der Waals surface area contributed by atoms with Crippen molar-refractivity contribution in [3.63, 3.8) is 0 Å². The fraction of sp³-hybridized carbons (Fsp3) is 0.304. The highest BCUT2D eigenvalue weighted by atomic mass is 16.5. The number of rotatable bonds is 6. The number of ketones is 1. The first-order valence-electron chi connectivity index (χ1n) is 9.85. The summed E-state index contributed by atoms with van der Waals surface area (Å²) in [6, 6.07) is 12.7. The molecular weight excluding hydrogens is 384 g/mol. The molecule has 2 aromatic carbocycles. The Bertz CT molecular complexity index is 968. The van der Waals surface area contributed by atoms with Crippen molar-refractivity contribution in [2.24, 2.45) is 5.73 Å². The summed E-state index contributed by atoms with van der Waals surface area (Å²) in [5.41, 5.74) is 7.14. The third kappa shape index (κ3) is 4.74. The zero-order valence-electron chi connectivity index (χ0n) is 16.8. The predicted octanol–water partition coefficient (Wildman–Crippen LogP) is 2.25. The van der Waals surface area contributed by atoms with Crippen LogP contribution in [-0.2, 0) is 14.3 Å². The van der Waals surface area contributed by atoms with Crippen LogP contribution in [0, 0.1) is 6.92 Å². The Morgan fingerprint density at radius 3 is 2.33 bits per heavy atom. The van der Waals surface area contributed by atoms with E-state index in [4.69, 9.17) is 10.5 Å². The smallest absolute Gasteiger partial charge is 0.339 e. The molecule has 1 atom stereocenters. The highest BCUT2D eigenvalue weighted by Gasteiger charge is 2.31. The molecule has 3 rings (SSSR count). The lowest BCUT2D eigenvalue weighted by Crippen LogP contribution is -2.51. The van der Waals surface area contributed by atoms with Crippen molar-refractivity contribution >= 4 is 23.6 Å². The maximum Gasteiger partial charge on any atom is 0.339 e. The van der Waals surface area contributed by atoms with E-state index in [0.29, 0.717) is 18.5 Å². The zero-order valence-corrected chi connectivity index (χ0v) is 16.8. The Hall–Kier alpha value is -3.48. The second-order valence-corrected chi connectivity index (χ2v) is 7.32. The van der Waals surface area contributed by atoms with Crippen LogP contribution in [-0.4, -0.2) is 47.7 Å².